The zero-order valence-corrected chi connectivity index (χ0v) is 22.7. The van der Waals surface area contributed by atoms with Crippen LogP contribution in [0.3, 0.4) is 0 Å². The number of para-hydroxylation sites is 2. The lowest BCUT2D eigenvalue weighted by Crippen LogP contribution is -2.39. The molecule has 0 bridgehead atoms. The van der Waals surface area contributed by atoms with Crippen LogP contribution in [0.15, 0.2) is 113 Å². The summed E-state index contributed by atoms with van der Waals surface area (Å²) in [5, 5.41) is 15.6. The summed E-state index contributed by atoms with van der Waals surface area (Å²) in [5.74, 6) is 0.158. The average Bonchev–Trinajstić information content (AvgIpc) is 3.00. The van der Waals surface area contributed by atoms with Crippen LogP contribution < -0.4 is 19.2 Å². The van der Waals surface area contributed by atoms with E-state index in [1.54, 1.807) is 24.3 Å². The molecule has 0 aliphatic rings. The van der Waals surface area contributed by atoms with Crippen molar-refractivity contribution < 1.29 is 27.6 Å². The molecule has 4 aromatic rings. The van der Waals surface area contributed by atoms with Gasteiger partial charge in [0.2, 0.25) is 0 Å². The molecular formula is C29H26N4O7S. The first kappa shape index (κ1) is 28.8. The smallest absolute Gasteiger partial charge is 0.293 e. The molecule has 11 nitrogen and oxygen atoms in total. The van der Waals surface area contributed by atoms with E-state index in [2.05, 4.69) is 10.5 Å². The van der Waals surface area contributed by atoms with Crippen molar-refractivity contribution in [3.05, 3.63) is 124 Å². The number of nitro benzene ring substituents is 1. The van der Waals surface area contributed by atoms with Gasteiger partial charge in [-0.3, -0.25) is 14.9 Å². The molecule has 4 rings (SSSR count). The number of sulfonamides is 1. The van der Waals surface area contributed by atoms with E-state index in [4.69, 9.17) is 9.47 Å². The van der Waals surface area contributed by atoms with Crippen LogP contribution >= 0.6 is 0 Å². The number of anilines is 1. The first-order valence-corrected chi connectivity index (χ1v) is 13.7. The monoisotopic (exact) mass is 574 g/mol. The Morgan fingerprint density at radius 1 is 0.951 bits per heavy atom. The molecule has 0 aliphatic carbocycles. The molecule has 0 spiro atoms. The van der Waals surface area contributed by atoms with E-state index in [9.17, 15) is 23.3 Å². The number of rotatable bonds is 12. The van der Waals surface area contributed by atoms with Crippen LogP contribution in [0.4, 0.5) is 11.4 Å². The molecule has 0 saturated heterocycles. The summed E-state index contributed by atoms with van der Waals surface area (Å²) < 4.78 is 38.8. The van der Waals surface area contributed by atoms with Crippen molar-refractivity contribution in [3.63, 3.8) is 0 Å². The Bertz CT molecular complexity index is 1650. The highest BCUT2D eigenvalue weighted by Crippen LogP contribution is 2.32. The molecule has 41 heavy (non-hydrogen) atoms. The van der Waals surface area contributed by atoms with Crippen molar-refractivity contribution >= 4 is 33.5 Å². The van der Waals surface area contributed by atoms with Gasteiger partial charge in [-0.25, -0.2) is 18.1 Å². The van der Waals surface area contributed by atoms with Crippen LogP contribution in [-0.2, 0) is 21.4 Å². The van der Waals surface area contributed by atoms with Crippen molar-refractivity contribution in [2.75, 3.05) is 18.0 Å². The number of hydrogen-bond acceptors (Lipinski definition) is 8. The molecule has 1 N–H and O–H groups in total. The van der Waals surface area contributed by atoms with Crippen LogP contribution in [0.2, 0.25) is 0 Å². The van der Waals surface area contributed by atoms with Crippen LogP contribution in [0.5, 0.6) is 11.5 Å². The van der Waals surface area contributed by atoms with Gasteiger partial charge in [0.05, 0.1) is 23.1 Å². The maximum Gasteiger partial charge on any atom is 0.293 e. The molecule has 12 heteroatoms. The van der Waals surface area contributed by atoms with Gasteiger partial charge in [0.15, 0.2) is 11.5 Å². The van der Waals surface area contributed by atoms with Crippen LogP contribution in [0.1, 0.15) is 11.1 Å². The second-order valence-corrected chi connectivity index (χ2v) is 10.4. The summed E-state index contributed by atoms with van der Waals surface area (Å²) in [6.45, 7) is -0.405. The van der Waals surface area contributed by atoms with Gasteiger partial charge in [-0.2, -0.15) is 5.10 Å². The fourth-order valence-corrected chi connectivity index (χ4v) is 5.27. The number of nitrogens with zero attached hydrogens (tertiary/aromatic N) is 3. The normalized spacial score (nSPS) is 11.1. The standard InChI is InChI=1S/C29H26N4O7S/c1-39-28-18-23(16-17-27(28)40-21-22-10-4-2-5-11-22)19-30-31-29(34)20-32(25-14-8-9-15-26(25)33(35)36)41(37,38)24-12-6-3-7-13-24/h2-19H,20-21H2,1H3,(H,31,34)/b30-19-. The number of ether oxygens (including phenoxy) is 2. The Morgan fingerprint density at radius 2 is 1.61 bits per heavy atom. The Balaban J connectivity index is 1.50. The fraction of sp³-hybridized carbons (Fsp3) is 0.103. The number of hydrogen-bond donors (Lipinski definition) is 1. The third kappa shape index (κ3) is 7.25. The fourth-order valence-electron chi connectivity index (χ4n) is 3.81. The van der Waals surface area contributed by atoms with Gasteiger partial charge in [-0.15, -0.1) is 0 Å². The second-order valence-electron chi connectivity index (χ2n) is 8.55. The van der Waals surface area contributed by atoms with Crippen molar-refractivity contribution in [1.29, 1.82) is 0 Å². The van der Waals surface area contributed by atoms with Gasteiger partial charge < -0.3 is 9.47 Å². The number of hydrazone groups is 1. The summed E-state index contributed by atoms with van der Waals surface area (Å²) in [6, 6.07) is 27.3. The molecule has 0 radical (unpaired) electrons. The van der Waals surface area contributed by atoms with Gasteiger partial charge in [0.1, 0.15) is 18.8 Å². The molecule has 0 saturated carbocycles. The van der Waals surface area contributed by atoms with Crippen LogP contribution in [-0.4, -0.2) is 39.1 Å². The minimum absolute atomic E-state index is 0.129. The van der Waals surface area contributed by atoms with E-state index in [1.165, 1.54) is 61.9 Å². The summed E-state index contributed by atoms with van der Waals surface area (Å²) in [4.78, 5) is 23.6. The highest BCUT2D eigenvalue weighted by Gasteiger charge is 2.31. The number of carbonyl (C=O) groups is 1. The molecule has 0 heterocycles. The molecule has 1 amide bonds. The second kappa shape index (κ2) is 13.2. The molecule has 0 aliphatic heterocycles. The molecular weight excluding hydrogens is 548 g/mol. The number of nitrogens with one attached hydrogen (secondary N) is 1. The van der Waals surface area contributed by atoms with E-state index in [0.717, 1.165) is 5.56 Å². The van der Waals surface area contributed by atoms with Gasteiger partial charge in [-0.1, -0.05) is 60.7 Å². The third-order valence-electron chi connectivity index (χ3n) is 5.79. The van der Waals surface area contributed by atoms with Gasteiger partial charge in [0.25, 0.3) is 21.6 Å². The summed E-state index contributed by atoms with van der Waals surface area (Å²) in [7, 11) is -2.84. The highest BCUT2D eigenvalue weighted by atomic mass is 32.2. The predicted octanol–water partition coefficient (Wildman–Crippen LogP) is 4.53. The lowest BCUT2D eigenvalue weighted by molar-refractivity contribution is -0.384. The predicted molar refractivity (Wildman–Crippen MR) is 154 cm³/mol. The SMILES string of the molecule is COc1cc(/C=N\NC(=O)CN(c2ccccc2[N+](=O)[O-])S(=O)(=O)c2ccccc2)ccc1OCc1ccccc1. The molecule has 0 unspecified atom stereocenters. The Hall–Kier alpha value is -5.23. The van der Waals surface area contributed by atoms with E-state index in [0.29, 0.717) is 28.0 Å². The van der Waals surface area contributed by atoms with E-state index >= 15 is 0 Å². The Labute approximate surface area is 236 Å². The van der Waals surface area contributed by atoms with Gasteiger partial charge >= 0.3 is 0 Å². The van der Waals surface area contributed by atoms with Crippen LogP contribution in [0, 0.1) is 10.1 Å². The van der Waals surface area contributed by atoms with E-state index < -0.39 is 33.1 Å². The van der Waals surface area contributed by atoms with E-state index in [1.807, 2.05) is 30.3 Å². The number of nitro groups is 1. The largest absolute Gasteiger partial charge is 0.493 e. The molecule has 210 valence electrons. The van der Waals surface area contributed by atoms with Gasteiger partial charge in [0, 0.05) is 6.07 Å². The van der Waals surface area contributed by atoms with E-state index in [-0.39, 0.29) is 10.6 Å². The zero-order chi connectivity index (χ0) is 29.2. The Kier molecular flexibility index (Phi) is 9.28. The number of carbonyl (C=O) groups excluding carboxylic acids is 1. The van der Waals surface area contributed by atoms with Crippen molar-refractivity contribution in [2.24, 2.45) is 5.10 Å². The third-order valence-corrected chi connectivity index (χ3v) is 7.57. The molecule has 0 aromatic heterocycles. The lowest BCUT2D eigenvalue weighted by atomic mass is 10.2. The topological polar surface area (TPSA) is 140 Å². The van der Waals surface area contributed by atoms with Gasteiger partial charge in [-0.05, 0) is 47.5 Å². The minimum Gasteiger partial charge on any atom is -0.493 e. The average molecular weight is 575 g/mol. The molecule has 4 aromatic carbocycles. The summed E-state index contributed by atoms with van der Waals surface area (Å²) in [6.07, 6.45) is 1.35. The van der Waals surface area contributed by atoms with Crippen LogP contribution in [0.25, 0.3) is 0 Å². The first-order valence-electron chi connectivity index (χ1n) is 12.3. The van der Waals surface area contributed by atoms with Crippen molar-refractivity contribution in [1.82, 2.24) is 5.43 Å². The zero-order valence-electron chi connectivity index (χ0n) is 21.9. The number of amides is 1. The molecule has 0 fully saturated rings. The molecule has 0 atom stereocenters. The maximum absolute atomic E-state index is 13.4. The quantitative estimate of drug-likeness (QED) is 0.149. The number of benzene rings is 4. The first-order chi connectivity index (χ1) is 19.8. The highest BCUT2D eigenvalue weighted by molar-refractivity contribution is 7.92. The van der Waals surface area contributed by atoms with Crippen molar-refractivity contribution in [3.8, 4) is 11.5 Å². The maximum atomic E-state index is 13.4. The minimum atomic E-state index is -4.34. The summed E-state index contributed by atoms with van der Waals surface area (Å²) in [5.41, 5.74) is 3.13. The number of methoxy groups -OCH3 is 1. The summed E-state index contributed by atoms with van der Waals surface area (Å²) >= 11 is 0. The van der Waals surface area contributed by atoms with Crippen molar-refractivity contribution in [2.45, 2.75) is 11.5 Å². The Morgan fingerprint density at radius 3 is 2.29 bits per heavy atom. The lowest BCUT2D eigenvalue weighted by Gasteiger charge is -2.23.